The lowest BCUT2D eigenvalue weighted by Gasteiger charge is -2.35. The lowest BCUT2D eigenvalue weighted by atomic mass is 9.91. The van der Waals surface area contributed by atoms with Gasteiger partial charge in [-0.2, -0.15) is 26.3 Å². The van der Waals surface area contributed by atoms with Gasteiger partial charge in [0.15, 0.2) is 0 Å². The smallest absolute Gasteiger partial charge is 0.308 e. The number of halogens is 6. The molecule has 0 aromatic heterocycles. The van der Waals surface area contributed by atoms with Crippen molar-refractivity contribution < 1.29 is 45.6 Å². The molecular formula is C10H20F6NO4P. The molecule has 0 saturated carbocycles. The zero-order chi connectivity index (χ0) is 18.4. The largest absolute Gasteiger partial charge is 0.466 e. The van der Waals surface area contributed by atoms with Gasteiger partial charge in [0.1, 0.15) is 0 Å². The zero-order valence-electron chi connectivity index (χ0n) is 12.2. The van der Waals surface area contributed by atoms with E-state index >= 15 is 0 Å². The molecule has 0 bridgehead atoms. The maximum atomic E-state index is 12.3. The van der Waals surface area contributed by atoms with Gasteiger partial charge in [-0.05, 0) is 20.3 Å². The highest BCUT2D eigenvalue weighted by molar-refractivity contribution is 7.45. The highest BCUT2D eigenvalue weighted by atomic mass is 31.2. The van der Waals surface area contributed by atoms with Crippen LogP contribution in [0.2, 0.25) is 0 Å². The van der Waals surface area contributed by atoms with Gasteiger partial charge < -0.3 is 20.0 Å². The van der Waals surface area contributed by atoms with Gasteiger partial charge in [0, 0.05) is 11.6 Å². The van der Waals surface area contributed by atoms with Crippen LogP contribution in [-0.4, -0.2) is 38.6 Å². The van der Waals surface area contributed by atoms with Crippen molar-refractivity contribution in [2.75, 3.05) is 0 Å². The summed E-state index contributed by atoms with van der Waals surface area (Å²) in [5, 5.41) is 2.42. The molecule has 136 valence electrons. The van der Waals surface area contributed by atoms with E-state index in [2.05, 4.69) is 5.32 Å². The Morgan fingerprint density at radius 1 is 1.00 bits per heavy atom. The third kappa shape index (κ3) is 19.7. The number of alkyl halides is 6. The Morgan fingerprint density at radius 2 is 1.27 bits per heavy atom. The lowest BCUT2D eigenvalue weighted by Crippen LogP contribution is -2.52. The molecule has 22 heavy (non-hydrogen) atoms. The van der Waals surface area contributed by atoms with Crippen molar-refractivity contribution in [3.05, 3.63) is 0 Å². The maximum Gasteiger partial charge on any atom is 0.466 e. The fourth-order valence-corrected chi connectivity index (χ4v) is 1.75. The molecule has 0 radical (unpaired) electrons. The molecule has 0 aliphatic heterocycles. The van der Waals surface area contributed by atoms with Crippen LogP contribution in [0.3, 0.4) is 0 Å². The van der Waals surface area contributed by atoms with E-state index in [0.717, 1.165) is 6.92 Å². The summed E-state index contributed by atoms with van der Waals surface area (Å²) >= 11 is 0. The molecule has 12 heteroatoms. The summed E-state index contributed by atoms with van der Waals surface area (Å²) in [7, 11) is -4.64. The Labute approximate surface area is 124 Å². The first-order chi connectivity index (χ1) is 9.37. The molecule has 0 aliphatic rings. The van der Waals surface area contributed by atoms with Crippen molar-refractivity contribution in [3.63, 3.8) is 0 Å². The minimum Gasteiger partial charge on any atom is -0.308 e. The summed E-state index contributed by atoms with van der Waals surface area (Å²) in [5.41, 5.74) is -2.01. The maximum absolute atomic E-state index is 12.3. The average molecular weight is 363 g/mol. The Balaban J connectivity index is 0. The third-order valence-electron chi connectivity index (χ3n) is 2.39. The highest BCUT2D eigenvalue weighted by Gasteiger charge is 2.46. The minimum absolute atomic E-state index is 0.398. The fourth-order valence-electron chi connectivity index (χ4n) is 1.75. The molecule has 0 aliphatic carbocycles. The Morgan fingerprint density at radius 3 is 1.45 bits per heavy atom. The predicted molar refractivity (Wildman–Crippen MR) is 66.9 cm³/mol. The molecule has 4 N–H and O–H groups in total. The van der Waals surface area contributed by atoms with Crippen LogP contribution >= 0.6 is 7.82 Å². The number of phosphoric acid groups is 1. The fraction of sp³-hybridized carbons (Fsp3) is 1.00. The van der Waals surface area contributed by atoms with Crippen LogP contribution in [0.1, 0.15) is 40.0 Å². The lowest BCUT2D eigenvalue weighted by molar-refractivity contribution is -0.180. The van der Waals surface area contributed by atoms with Gasteiger partial charge in [0.05, 0.1) is 12.8 Å². The first-order valence-electron chi connectivity index (χ1n) is 6.06. The van der Waals surface area contributed by atoms with Crippen molar-refractivity contribution in [1.29, 1.82) is 0 Å². The van der Waals surface area contributed by atoms with E-state index in [1.807, 2.05) is 0 Å². The van der Waals surface area contributed by atoms with Crippen molar-refractivity contribution in [1.82, 2.24) is 5.32 Å². The predicted octanol–water partition coefficient (Wildman–Crippen LogP) is 3.11. The number of rotatable bonds is 5. The van der Waals surface area contributed by atoms with E-state index in [9.17, 15) is 26.3 Å². The topological polar surface area (TPSA) is 89.8 Å². The Bertz CT molecular complexity index is 343. The van der Waals surface area contributed by atoms with Crippen LogP contribution < -0.4 is 5.32 Å². The second kappa shape index (κ2) is 8.49. The second-order valence-electron chi connectivity index (χ2n) is 5.11. The highest BCUT2D eigenvalue weighted by Crippen LogP contribution is 2.36. The van der Waals surface area contributed by atoms with Crippen LogP contribution in [0.4, 0.5) is 26.3 Å². The Kier molecular flexibility index (Phi) is 9.22. The summed E-state index contributed by atoms with van der Waals surface area (Å²) in [6, 6.07) is -0.398. The second-order valence-corrected chi connectivity index (χ2v) is 6.14. The molecule has 0 aromatic carbocycles. The monoisotopic (exact) mass is 363 g/mol. The van der Waals surface area contributed by atoms with Crippen LogP contribution in [0, 0.1) is 0 Å². The standard InChI is InChI=1S/C10H17F6N.H3O4P/c1-4-7(2)17-8(3,5-9(11,12)13)6-10(14,15)16;1-5(2,3)4/h7,17H,4-6H2,1-3H3;(H3,1,2,3,4). The van der Waals surface area contributed by atoms with Crippen molar-refractivity contribution in [3.8, 4) is 0 Å². The minimum atomic E-state index is -4.64. The molecule has 1 atom stereocenters. The quantitative estimate of drug-likeness (QED) is 0.445. The van der Waals surface area contributed by atoms with Gasteiger partial charge in [0.2, 0.25) is 0 Å². The van der Waals surface area contributed by atoms with Crippen LogP contribution in [0.25, 0.3) is 0 Å². The molecular weight excluding hydrogens is 343 g/mol. The summed E-state index contributed by atoms with van der Waals surface area (Å²) in [6.07, 6.45) is -11.8. The molecule has 1 unspecified atom stereocenters. The molecule has 0 fully saturated rings. The van der Waals surface area contributed by atoms with Gasteiger partial charge in [-0.25, -0.2) is 4.57 Å². The average Bonchev–Trinajstić information content (AvgIpc) is 2.06. The van der Waals surface area contributed by atoms with E-state index in [1.165, 1.54) is 0 Å². The van der Waals surface area contributed by atoms with Gasteiger partial charge in [-0.3, -0.25) is 0 Å². The normalized spacial score (nSPS) is 15.1. The zero-order valence-corrected chi connectivity index (χ0v) is 13.1. The Hall–Kier alpha value is -0.350. The van der Waals surface area contributed by atoms with Crippen LogP contribution in [-0.2, 0) is 4.57 Å². The first-order valence-corrected chi connectivity index (χ1v) is 7.63. The summed E-state index contributed by atoms with van der Waals surface area (Å²) < 4.78 is 82.5. The van der Waals surface area contributed by atoms with E-state index in [0.29, 0.717) is 6.42 Å². The molecule has 0 aromatic rings. The van der Waals surface area contributed by atoms with Gasteiger partial charge >= 0.3 is 20.2 Å². The first kappa shape index (κ1) is 23.9. The van der Waals surface area contributed by atoms with Gasteiger partial charge in [0.25, 0.3) is 0 Å². The van der Waals surface area contributed by atoms with Crippen molar-refractivity contribution in [2.45, 2.75) is 64.0 Å². The van der Waals surface area contributed by atoms with Crippen molar-refractivity contribution in [2.24, 2.45) is 0 Å². The van der Waals surface area contributed by atoms with E-state index in [4.69, 9.17) is 19.2 Å². The number of nitrogens with one attached hydrogen (secondary N) is 1. The molecule has 0 spiro atoms. The molecule has 0 rings (SSSR count). The SMILES string of the molecule is CCC(C)NC(C)(CC(F)(F)F)CC(F)(F)F.O=P(O)(O)O. The van der Waals surface area contributed by atoms with Gasteiger partial charge in [-0.15, -0.1) is 0 Å². The van der Waals surface area contributed by atoms with Crippen molar-refractivity contribution >= 4 is 7.82 Å². The van der Waals surface area contributed by atoms with E-state index < -0.39 is 44.6 Å². The van der Waals surface area contributed by atoms with Crippen LogP contribution in [0.15, 0.2) is 0 Å². The van der Waals surface area contributed by atoms with E-state index in [1.54, 1.807) is 13.8 Å². The van der Waals surface area contributed by atoms with E-state index in [-0.39, 0.29) is 0 Å². The van der Waals surface area contributed by atoms with Gasteiger partial charge in [-0.1, -0.05) is 6.92 Å². The molecule has 0 saturated heterocycles. The molecule has 5 nitrogen and oxygen atoms in total. The molecule has 0 amide bonds. The number of hydrogen-bond acceptors (Lipinski definition) is 2. The summed E-state index contributed by atoms with van der Waals surface area (Å²) in [4.78, 5) is 21.6. The van der Waals surface area contributed by atoms with Crippen LogP contribution in [0.5, 0.6) is 0 Å². The third-order valence-corrected chi connectivity index (χ3v) is 2.39. The summed E-state index contributed by atoms with van der Waals surface area (Å²) in [6.45, 7) is 4.21. The molecule has 0 heterocycles. The number of hydrogen-bond donors (Lipinski definition) is 4. The summed E-state index contributed by atoms with van der Waals surface area (Å²) in [5.74, 6) is 0.